The first-order chi connectivity index (χ1) is 11.2. The maximum absolute atomic E-state index is 12.9. The molecule has 0 N–H and O–H groups in total. The number of carbonyl (C=O) groups excluding carboxylic acids is 1. The normalized spacial score (nSPS) is 18.3. The van der Waals surface area contributed by atoms with E-state index in [0.717, 1.165) is 54.2 Å². The van der Waals surface area contributed by atoms with Crippen LogP contribution in [0.15, 0.2) is 12.7 Å². The van der Waals surface area contributed by atoms with Crippen LogP contribution < -0.4 is 0 Å². The van der Waals surface area contributed by atoms with E-state index in [4.69, 9.17) is 0 Å². The summed E-state index contributed by atoms with van der Waals surface area (Å²) in [5, 5.41) is 5.30. The molecule has 1 fully saturated rings. The van der Waals surface area contributed by atoms with Gasteiger partial charge < -0.3 is 4.90 Å². The second-order valence-electron chi connectivity index (χ2n) is 6.05. The Morgan fingerprint density at radius 1 is 1.48 bits per heavy atom. The fourth-order valence-electron chi connectivity index (χ4n) is 2.99. The van der Waals surface area contributed by atoms with Gasteiger partial charge in [-0.1, -0.05) is 13.3 Å². The van der Waals surface area contributed by atoms with Gasteiger partial charge in [-0.3, -0.25) is 4.79 Å². The van der Waals surface area contributed by atoms with Gasteiger partial charge in [0.05, 0.1) is 16.7 Å². The van der Waals surface area contributed by atoms with Gasteiger partial charge in [-0.05, 0) is 32.6 Å². The third-order valence-electron chi connectivity index (χ3n) is 4.27. The average molecular weight is 333 g/mol. The monoisotopic (exact) mass is 333 g/mol. The second kappa shape index (κ2) is 7.21. The van der Waals surface area contributed by atoms with Crippen molar-refractivity contribution in [1.29, 1.82) is 0 Å². The number of aryl methyl sites for hydroxylation is 2. The quantitative estimate of drug-likeness (QED) is 0.844. The fraction of sp³-hybridized carbons (Fsp3) is 0.625. The van der Waals surface area contributed by atoms with Gasteiger partial charge in [0.25, 0.3) is 5.91 Å². The molecule has 0 saturated carbocycles. The summed E-state index contributed by atoms with van der Waals surface area (Å²) in [4.78, 5) is 24.2. The Labute approximate surface area is 140 Å². The Morgan fingerprint density at radius 2 is 2.35 bits per heavy atom. The standard InChI is InChI=1S/C16H23N5OS/c1-3-4-7-14-19-12(2)15(23-14)16(22)20-8-5-6-13(9-20)21-11-17-10-18-21/h10-11,13H,3-9H2,1-2H3/t13-/m1/s1. The minimum atomic E-state index is 0.118. The van der Waals surface area contributed by atoms with Gasteiger partial charge in [0, 0.05) is 13.1 Å². The molecule has 0 unspecified atom stereocenters. The molecule has 0 bridgehead atoms. The third-order valence-corrected chi connectivity index (χ3v) is 5.48. The van der Waals surface area contributed by atoms with Gasteiger partial charge >= 0.3 is 0 Å². The summed E-state index contributed by atoms with van der Waals surface area (Å²) in [6.45, 7) is 5.62. The SMILES string of the molecule is CCCCc1nc(C)c(C(=O)N2CCC[C@@H](n3cncn3)C2)s1. The summed E-state index contributed by atoms with van der Waals surface area (Å²) in [5.74, 6) is 0.118. The zero-order valence-electron chi connectivity index (χ0n) is 13.7. The van der Waals surface area contributed by atoms with E-state index in [0.29, 0.717) is 6.54 Å². The number of rotatable bonds is 5. The smallest absolute Gasteiger partial charge is 0.265 e. The molecule has 2 aromatic rings. The summed E-state index contributed by atoms with van der Waals surface area (Å²) in [5.41, 5.74) is 0.869. The van der Waals surface area contributed by atoms with E-state index in [1.807, 2.05) is 16.5 Å². The summed E-state index contributed by atoms with van der Waals surface area (Å²) < 4.78 is 1.87. The molecule has 7 heteroatoms. The molecule has 0 radical (unpaired) electrons. The molecule has 0 aliphatic carbocycles. The topological polar surface area (TPSA) is 63.9 Å². The number of thiazole rings is 1. The van der Waals surface area contributed by atoms with E-state index in [2.05, 4.69) is 22.0 Å². The molecule has 1 amide bonds. The lowest BCUT2D eigenvalue weighted by atomic mass is 10.1. The average Bonchev–Trinajstić information content (AvgIpc) is 3.22. The minimum absolute atomic E-state index is 0.118. The number of amides is 1. The van der Waals surface area contributed by atoms with Crippen molar-refractivity contribution in [3.05, 3.63) is 28.2 Å². The number of hydrogen-bond acceptors (Lipinski definition) is 5. The molecule has 2 aromatic heterocycles. The Morgan fingerprint density at radius 3 is 3.09 bits per heavy atom. The van der Waals surface area contributed by atoms with Crippen LogP contribution in [0, 0.1) is 6.92 Å². The molecule has 124 valence electrons. The van der Waals surface area contributed by atoms with Crippen molar-refractivity contribution in [3.63, 3.8) is 0 Å². The predicted molar refractivity (Wildman–Crippen MR) is 89.7 cm³/mol. The van der Waals surface area contributed by atoms with Gasteiger partial charge in [-0.25, -0.2) is 14.6 Å². The zero-order valence-corrected chi connectivity index (χ0v) is 14.6. The lowest BCUT2D eigenvalue weighted by Crippen LogP contribution is -2.40. The Hall–Kier alpha value is -1.76. The minimum Gasteiger partial charge on any atom is -0.336 e. The Kier molecular flexibility index (Phi) is 5.05. The summed E-state index contributed by atoms with van der Waals surface area (Å²) in [6.07, 6.45) is 8.56. The zero-order chi connectivity index (χ0) is 16.2. The van der Waals surface area contributed by atoms with E-state index in [9.17, 15) is 4.79 Å². The first-order valence-corrected chi connectivity index (χ1v) is 9.10. The summed E-state index contributed by atoms with van der Waals surface area (Å²) in [6, 6.07) is 0.225. The number of carbonyl (C=O) groups is 1. The Bertz CT molecular complexity index is 651. The highest BCUT2D eigenvalue weighted by Crippen LogP contribution is 2.26. The molecule has 1 saturated heterocycles. The lowest BCUT2D eigenvalue weighted by molar-refractivity contribution is 0.0676. The van der Waals surface area contributed by atoms with Crippen molar-refractivity contribution in [1.82, 2.24) is 24.6 Å². The van der Waals surface area contributed by atoms with E-state index in [1.54, 1.807) is 24.0 Å². The lowest BCUT2D eigenvalue weighted by Gasteiger charge is -2.32. The van der Waals surface area contributed by atoms with Gasteiger partial charge in [0.15, 0.2) is 0 Å². The molecule has 23 heavy (non-hydrogen) atoms. The van der Waals surface area contributed by atoms with Crippen molar-refractivity contribution in [2.75, 3.05) is 13.1 Å². The van der Waals surface area contributed by atoms with Crippen molar-refractivity contribution >= 4 is 17.2 Å². The van der Waals surface area contributed by atoms with Gasteiger partial charge in [-0.15, -0.1) is 11.3 Å². The maximum Gasteiger partial charge on any atom is 0.265 e. The van der Waals surface area contributed by atoms with Crippen LogP contribution in [0.4, 0.5) is 0 Å². The number of aromatic nitrogens is 4. The van der Waals surface area contributed by atoms with Crippen LogP contribution in [0.1, 0.15) is 59.0 Å². The number of hydrogen-bond donors (Lipinski definition) is 0. The number of likely N-dealkylation sites (tertiary alicyclic amines) is 1. The van der Waals surface area contributed by atoms with E-state index in [1.165, 1.54) is 0 Å². The van der Waals surface area contributed by atoms with E-state index < -0.39 is 0 Å². The van der Waals surface area contributed by atoms with Crippen molar-refractivity contribution in [2.45, 2.75) is 52.0 Å². The van der Waals surface area contributed by atoms with Crippen LogP contribution in [-0.4, -0.2) is 43.6 Å². The first-order valence-electron chi connectivity index (χ1n) is 8.28. The van der Waals surface area contributed by atoms with Crippen molar-refractivity contribution < 1.29 is 4.79 Å². The maximum atomic E-state index is 12.9. The highest BCUT2D eigenvalue weighted by atomic mass is 32.1. The van der Waals surface area contributed by atoms with Crippen molar-refractivity contribution in [3.8, 4) is 0 Å². The molecule has 0 aromatic carbocycles. The molecule has 1 atom stereocenters. The van der Waals surface area contributed by atoms with Crippen LogP contribution in [0.25, 0.3) is 0 Å². The largest absolute Gasteiger partial charge is 0.336 e. The molecular weight excluding hydrogens is 310 g/mol. The Balaban J connectivity index is 1.71. The van der Waals surface area contributed by atoms with Crippen LogP contribution >= 0.6 is 11.3 Å². The highest BCUT2D eigenvalue weighted by Gasteiger charge is 2.28. The van der Waals surface area contributed by atoms with Crippen LogP contribution in [-0.2, 0) is 6.42 Å². The first kappa shape index (κ1) is 16.1. The van der Waals surface area contributed by atoms with Crippen LogP contribution in [0.5, 0.6) is 0 Å². The number of piperidine rings is 1. The van der Waals surface area contributed by atoms with Crippen LogP contribution in [0.2, 0.25) is 0 Å². The predicted octanol–water partition coefficient (Wildman–Crippen LogP) is 2.86. The van der Waals surface area contributed by atoms with Gasteiger partial charge in [-0.2, -0.15) is 5.10 Å². The molecular formula is C16H23N5OS. The number of nitrogens with zero attached hydrogens (tertiary/aromatic N) is 5. The van der Waals surface area contributed by atoms with Crippen LogP contribution in [0.3, 0.4) is 0 Å². The summed E-state index contributed by atoms with van der Waals surface area (Å²) in [7, 11) is 0. The molecule has 1 aliphatic rings. The molecule has 6 nitrogen and oxygen atoms in total. The number of unbranched alkanes of at least 4 members (excludes halogenated alkanes) is 1. The molecule has 1 aliphatic heterocycles. The molecule has 3 heterocycles. The molecule has 3 rings (SSSR count). The van der Waals surface area contributed by atoms with Crippen molar-refractivity contribution in [2.24, 2.45) is 0 Å². The van der Waals surface area contributed by atoms with Gasteiger partial charge in [0.2, 0.25) is 0 Å². The highest BCUT2D eigenvalue weighted by molar-refractivity contribution is 7.13. The summed E-state index contributed by atoms with van der Waals surface area (Å²) >= 11 is 1.56. The van der Waals surface area contributed by atoms with E-state index >= 15 is 0 Å². The van der Waals surface area contributed by atoms with Gasteiger partial charge in [0.1, 0.15) is 17.5 Å². The second-order valence-corrected chi connectivity index (χ2v) is 7.13. The van der Waals surface area contributed by atoms with E-state index in [-0.39, 0.29) is 11.9 Å². The molecule has 0 spiro atoms. The third kappa shape index (κ3) is 3.60. The fourth-order valence-corrected chi connectivity index (χ4v) is 4.06.